The molecule has 1 aliphatic heterocycles. The van der Waals surface area contributed by atoms with Crippen LogP contribution in [0.1, 0.15) is 32.5 Å². The molecule has 0 spiro atoms. The smallest absolute Gasteiger partial charge is 0.290 e. The van der Waals surface area contributed by atoms with Crippen LogP contribution >= 0.6 is 11.3 Å². The summed E-state index contributed by atoms with van der Waals surface area (Å²) in [7, 11) is 1.57. The van der Waals surface area contributed by atoms with Gasteiger partial charge < -0.3 is 14.7 Å². The number of amides is 1. The molecule has 1 unspecified atom stereocenters. The molecule has 0 saturated carbocycles. The van der Waals surface area contributed by atoms with Crippen LogP contribution in [0.5, 0.6) is 5.75 Å². The summed E-state index contributed by atoms with van der Waals surface area (Å²) in [6, 6.07) is 19.6. The highest BCUT2D eigenvalue weighted by Crippen LogP contribution is 2.42. The lowest BCUT2D eigenvalue weighted by Gasteiger charge is -2.27. The summed E-state index contributed by atoms with van der Waals surface area (Å²) < 4.78 is 5.28. The van der Waals surface area contributed by atoms with Crippen molar-refractivity contribution < 1.29 is 19.4 Å². The number of pyridine rings is 1. The third-order valence-corrected chi connectivity index (χ3v) is 7.28. The third-order valence-electron chi connectivity index (χ3n) is 6.08. The highest BCUT2D eigenvalue weighted by atomic mass is 32.1. The first kappa shape index (κ1) is 23.4. The minimum atomic E-state index is -0.780. The van der Waals surface area contributed by atoms with Crippen molar-refractivity contribution in [1.29, 1.82) is 0 Å². The van der Waals surface area contributed by atoms with E-state index >= 15 is 0 Å². The van der Waals surface area contributed by atoms with Gasteiger partial charge in [-0.15, -0.1) is 11.3 Å². The van der Waals surface area contributed by atoms with E-state index in [1.54, 1.807) is 56.8 Å². The summed E-state index contributed by atoms with van der Waals surface area (Å²) >= 11 is 1.25. The van der Waals surface area contributed by atoms with Gasteiger partial charge in [0, 0.05) is 24.5 Å². The zero-order chi connectivity index (χ0) is 25.2. The molecule has 1 atom stereocenters. The minimum absolute atomic E-state index is 0.0421. The van der Waals surface area contributed by atoms with E-state index in [2.05, 4.69) is 9.97 Å². The van der Waals surface area contributed by atoms with Crippen molar-refractivity contribution in [2.75, 3.05) is 7.11 Å². The van der Waals surface area contributed by atoms with Gasteiger partial charge in [-0.2, -0.15) is 0 Å². The number of hydrogen-bond donors (Lipinski definition) is 1. The predicted octanol–water partition coefficient (Wildman–Crippen LogP) is 5.30. The molecule has 2 aromatic heterocycles. The maximum Gasteiger partial charge on any atom is 0.290 e. The number of rotatable bonds is 7. The van der Waals surface area contributed by atoms with Crippen LogP contribution in [-0.4, -0.2) is 38.8 Å². The van der Waals surface area contributed by atoms with Crippen LogP contribution in [-0.2, 0) is 11.3 Å². The maximum atomic E-state index is 13.9. The average Bonchev–Trinajstić information content (AvgIpc) is 3.42. The van der Waals surface area contributed by atoms with Gasteiger partial charge in [0.05, 0.1) is 29.3 Å². The number of ether oxygens (including phenoxy) is 1. The van der Waals surface area contributed by atoms with Crippen molar-refractivity contribution in [1.82, 2.24) is 14.9 Å². The van der Waals surface area contributed by atoms with Gasteiger partial charge >= 0.3 is 0 Å². The van der Waals surface area contributed by atoms with Crippen molar-refractivity contribution in [3.05, 3.63) is 112 Å². The van der Waals surface area contributed by atoms with Gasteiger partial charge in [0.1, 0.15) is 10.8 Å². The van der Waals surface area contributed by atoms with E-state index in [0.29, 0.717) is 26.9 Å². The molecule has 2 aromatic carbocycles. The fourth-order valence-corrected chi connectivity index (χ4v) is 5.33. The molecule has 36 heavy (non-hydrogen) atoms. The first-order valence-electron chi connectivity index (χ1n) is 11.3. The summed E-state index contributed by atoms with van der Waals surface area (Å²) in [5.41, 5.74) is 2.96. The number of benzene rings is 2. The van der Waals surface area contributed by atoms with Crippen molar-refractivity contribution in [2.45, 2.75) is 19.5 Å². The fourth-order valence-electron chi connectivity index (χ4n) is 4.30. The maximum absolute atomic E-state index is 13.9. The first-order valence-corrected chi connectivity index (χ1v) is 12.1. The molecule has 3 heterocycles. The number of thiazole rings is 1. The molecule has 1 amide bonds. The van der Waals surface area contributed by atoms with Crippen molar-refractivity contribution in [3.63, 3.8) is 0 Å². The van der Waals surface area contributed by atoms with E-state index in [4.69, 9.17) is 4.74 Å². The number of Topliss-reactive ketones (excluding diaryl/α,β-unsaturated/α-hetero) is 1. The Kier molecular flexibility index (Phi) is 6.35. The van der Waals surface area contributed by atoms with Crippen LogP contribution < -0.4 is 4.74 Å². The monoisotopic (exact) mass is 497 g/mol. The summed E-state index contributed by atoms with van der Waals surface area (Å²) in [6.07, 6.45) is 3.31. The lowest BCUT2D eigenvalue weighted by Crippen LogP contribution is -2.30. The molecule has 8 heteroatoms. The number of carbonyl (C=O) groups excluding carboxylic acids is 2. The lowest BCUT2D eigenvalue weighted by atomic mass is 9.95. The largest absolute Gasteiger partial charge is 0.503 e. The van der Waals surface area contributed by atoms with E-state index in [9.17, 15) is 14.7 Å². The highest BCUT2D eigenvalue weighted by Gasteiger charge is 2.44. The summed E-state index contributed by atoms with van der Waals surface area (Å²) in [6.45, 7) is 1.95. The zero-order valence-electron chi connectivity index (χ0n) is 19.7. The number of aliphatic hydroxyl groups is 1. The highest BCUT2D eigenvalue weighted by molar-refractivity contribution is 7.17. The molecule has 5 rings (SSSR count). The Hall–Kier alpha value is -4.30. The van der Waals surface area contributed by atoms with Gasteiger partial charge in [-0.1, -0.05) is 48.5 Å². The molecule has 0 fully saturated rings. The lowest BCUT2D eigenvalue weighted by molar-refractivity contribution is -0.130. The molecule has 7 nitrogen and oxygen atoms in total. The summed E-state index contributed by atoms with van der Waals surface area (Å²) in [5.74, 6) is -0.909. The fraction of sp³-hybridized carbons (Fsp3) is 0.143. The van der Waals surface area contributed by atoms with E-state index in [0.717, 1.165) is 11.1 Å². The Morgan fingerprint density at radius 2 is 1.83 bits per heavy atom. The molecular weight excluding hydrogens is 474 g/mol. The molecule has 0 radical (unpaired) electrons. The van der Waals surface area contributed by atoms with Gasteiger partial charge in [-0.05, 0) is 36.2 Å². The third kappa shape index (κ3) is 4.27. The van der Waals surface area contributed by atoms with Crippen LogP contribution in [0.25, 0.3) is 10.6 Å². The molecule has 1 aliphatic rings. The van der Waals surface area contributed by atoms with E-state index in [1.165, 1.54) is 16.2 Å². The Morgan fingerprint density at radius 1 is 1.08 bits per heavy atom. The normalized spacial score (nSPS) is 15.4. The molecule has 0 aliphatic carbocycles. The van der Waals surface area contributed by atoms with Crippen molar-refractivity contribution in [2.24, 2.45) is 0 Å². The van der Waals surface area contributed by atoms with Crippen LogP contribution in [0, 0.1) is 6.92 Å². The molecule has 4 aromatic rings. The van der Waals surface area contributed by atoms with Crippen LogP contribution in [0.2, 0.25) is 0 Å². The number of hydrogen-bond acceptors (Lipinski definition) is 7. The van der Waals surface area contributed by atoms with E-state index in [1.807, 2.05) is 36.4 Å². The standard InChI is InChI=1S/C28H23N3O4S/c1-17-26(36-27(30-17)20-8-4-3-5-9-20)24(32)22-23(19-10-12-21(35-2)13-11-19)31(28(34)25(22)33)16-18-7-6-14-29-15-18/h3-15,23,33H,16H2,1-2H3. The van der Waals surface area contributed by atoms with Crippen LogP contribution in [0.3, 0.4) is 0 Å². The van der Waals surface area contributed by atoms with Crippen LogP contribution in [0.4, 0.5) is 0 Å². The summed E-state index contributed by atoms with van der Waals surface area (Å²) in [4.78, 5) is 37.8. The number of carbonyl (C=O) groups is 2. The number of ketones is 1. The summed E-state index contributed by atoms with van der Waals surface area (Å²) in [5, 5.41) is 11.7. The molecular formula is C28H23N3O4S. The Balaban J connectivity index is 1.58. The average molecular weight is 498 g/mol. The van der Waals surface area contributed by atoms with Gasteiger partial charge in [-0.25, -0.2) is 4.98 Å². The number of methoxy groups -OCH3 is 1. The first-order chi connectivity index (χ1) is 17.5. The minimum Gasteiger partial charge on any atom is -0.503 e. The topological polar surface area (TPSA) is 92.6 Å². The molecule has 0 saturated heterocycles. The zero-order valence-corrected chi connectivity index (χ0v) is 20.5. The number of aliphatic hydroxyl groups excluding tert-OH is 1. The second-order valence-electron chi connectivity index (χ2n) is 8.36. The Labute approximate surface area is 212 Å². The van der Waals surface area contributed by atoms with Crippen molar-refractivity contribution in [3.8, 4) is 16.3 Å². The Morgan fingerprint density at radius 3 is 2.50 bits per heavy atom. The molecule has 180 valence electrons. The quantitative estimate of drug-likeness (QED) is 0.348. The van der Waals surface area contributed by atoms with Gasteiger partial charge in [0.15, 0.2) is 5.76 Å². The van der Waals surface area contributed by atoms with Gasteiger partial charge in [0.25, 0.3) is 5.91 Å². The van der Waals surface area contributed by atoms with Crippen molar-refractivity contribution >= 4 is 23.0 Å². The predicted molar refractivity (Wildman–Crippen MR) is 137 cm³/mol. The van der Waals surface area contributed by atoms with Gasteiger partial charge in [-0.3, -0.25) is 14.6 Å². The SMILES string of the molecule is COc1ccc(C2C(C(=O)c3sc(-c4ccccc4)nc3C)=C(O)C(=O)N2Cc2cccnc2)cc1. The molecule has 0 bridgehead atoms. The second-order valence-corrected chi connectivity index (χ2v) is 9.36. The van der Waals surface area contributed by atoms with E-state index in [-0.39, 0.29) is 12.1 Å². The van der Waals surface area contributed by atoms with Crippen LogP contribution in [0.15, 0.2) is 90.5 Å². The second kappa shape index (κ2) is 9.75. The number of nitrogens with zero attached hydrogens (tertiary/aromatic N) is 3. The van der Waals surface area contributed by atoms with E-state index < -0.39 is 23.5 Å². The van der Waals surface area contributed by atoms with Gasteiger partial charge in [0.2, 0.25) is 5.78 Å². The Bertz CT molecular complexity index is 1450. The number of aromatic nitrogens is 2. The molecule has 1 N–H and O–H groups in total. The number of aryl methyl sites for hydroxylation is 1.